The zero-order valence-electron chi connectivity index (χ0n) is 10.6. The second kappa shape index (κ2) is 7.05. The van der Waals surface area contributed by atoms with Crippen molar-refractivity contribution in [3.05, 3.63) is 64.4 Å². The van der Waals surface area contributed by atoms with Crippen LogP contribution in [0.1, 0.15) is 5.56 Å². The van der Waals surface area contributed by atoms with Gasteiger partial charge in [0.15, 0.2) is 6.61 Å². The van der Waals surface area contributed by atoms with Gasteiger partial charge >= 0.3 is 0 Å². The summed E-state index contributed by atoms with van der Waals surface area (Å²) in [6.45, 7) is 0.338. The fourth-order valence-electron chi connectivity index (χ4n) is 1.58. The van der Waals surface area contributed by atoms with Gasteiger partial charge < -0.3 is 10.1 Å². The minimum Gasteiger partial charge on any atom is -0.484 e. The van der Waals surface area contributed by atoms with Crippen LogP contribution in [0.4, 0.5) is 4.39 Å². The van der Waals surface area contributed by atoms with Crippen LogP contribution in [-0.4, -0.2) is 12.5 Å². The lowest BCUT2D eigenvalue weighted by atomic mass is 10.2. The van der Waals surface area contributed by atoms with E-state index in [0.29, 0.717) is 12.3 Å². The normalized spacial score (nSPS) is 10.1. The summed E-state index contributed by atoms with van der Waals surface area (Å²) in [6.07, 6.45) is 0. The van der Waals surface area contributed by atoms with Crippen LogP contribution in [0.3, 0.4) is 0 Å². The highest BCUT2D eigenvalue weighted by Gasteiger charge is 2.03. The monoisotopic (exact) mass is 337 g/mol. The van der Waals surface area contributed by atoms with E-state index in [0.717, 1.165) is 10.0 Å². The van der Waals surface area contributed by atoms with E-state index in [4.69, 9.17) is 4.74 Å². The van der Waals surface area contributed by atoms with E-state index in [1.54, 1.807) is 0 Å². The molecule has 3 nitrogen and oxygen atoms in total. The van der Waals surface area contributed by atoms with E-state index >= 15 is 0 Å². The molecule has 0 aliphatic rings. The van der Waals surface area contributed by atoms with E-state index < -0.39 is 0 Å². The number of benzene rings is 2. The standard InChI is InChI=1S/C15H13BrFNO2/c16-12-3-1-2-11(8-12)9-18-15(19)10-20-14-6-4-13(17)5-7-14/h1-8H,9-10H2,(H,18,19). The van der Waals surface area contributed by atoms with Gasteiger partial charge in [0.25, 0.3) is 5.91 Å². The predicted octanol–water partition coefficient (Wildman–Crippen LogP) is 3.28. The minimum absolute atomic E-state index is 0.0976. The summed E-state index contributed by atoms with van der Waals surface area (Å²) >= 11 is 3.37. The van der Waals surface area contributed by atoms with Crippen molar-refractivity contribution in [3.8, 4) is 5.75 Å². The molecule has 0 fully saturated rings. The Hall–Kier alpha value is -1.88. The highest BCUT2D eigenvalue weighted by Crippen LogP contribution is 2.12. The van der Waals surface area contributed by atoms with Gasteiger partial charge in [-0.15, -0.1) is 0 Å². The quantitative estimate of drug-likeness (QED) is 0.909. The fraction of sp³-hybridized carbons (Fsp3) is 0.133. The summed E-state index contributed by atoms with van der Waals surface area (Å²) in [6, 6.07) is 13.2. The zero-order chi connectivity index (χ0) is 14.4. The summed E-state index contributed by atoms with van der Waals surface area (Å²) in [4.78, 5) is 11.6. The summed E-state index contributed by atoms with van der Waals surface area (Å²) in [5.41, 5.74) is 0.995. The topological polar surface area (TPSA) is 38.3 Å². The van der Waals surface area contributed by atoms with E-state index in [1.807, 2.05) is 24.3 Å². The van der Waals surface area contributed by atoms with Crippen molar-refractivity contribution in [2.24, 2.45) is 0 Å². The molecule has 0 bridgehead atoms. The van der Waals surface area contributed by atoms with Crippen molar-refractivity contribution in [1.29, 1.82) is 0 Å². The van der Waals surface area contributed by atoms with Crippen LogP contribution in [0.25, 0.3) is 0 Å². The number of hydrogen-bond donors (Lipinski definition) is 1. The van der Waals surface area contributed by atoms with E-state index in [-0.39, 0.29) is 18.3 Å². The van der Waals surface area contributed by atoms with Gasteiger partial charge in [-0.25, -0.2) is 4.39 Å². The van der Waals surface area contributed by atoms with Gasteiger partial charge in [0.05, 0.1) is 0 Å². The third-order valence-corrected chi connectivity index (χ3v) is 3.06. The summed E-state index contributed by atoms with van der Waals surface area (Å²) < 4.78 is 18.9. The van der Waals surface area contributed by atoms with Crippen molar-refractivity contribution < 1.29 is 13.9 Å². The molecule has 104 valence electrons. The number of hydrogen-bond acceptors (Lipinski definition) is 2. The highest BCUT2D eigenvalue weighted by atomic mass is 79.9. The van der Waals surface area contributed by atoms with Crippen LogP contribution < -0.4 is 10.1 Å². The molecule has 0 aromatic heterocycles. The maximum absolute atomic E-state index is 12.7. The van der Waals surface area contributed by atoms with E-state index in [9.17, 15) is 9.18 Å². The van der Waals surface area contributed by atoms with Gasteiger partial charge in [-0.1, -0.05) is 28.1 Å². The van der Waals surface area contributed by atoms with Crippen LogP contribution in [0.5, 0.6) is 5.75 Å². The smallest absolute Gasteiger partial charge is 0.258 e. The molecule has 2 aromatic rings. The Balaban J connectivity index is 1.77. The molecule has 1 N–H and O–H groups in total. The largest absolute Gasteiger partial charge is 0.484 e. The molecular formula is C15H13BrFNO2. The summed E-state index contributed by atoms with van der Waals surface area (Å²) in [5.74, 6) is -0.102. The van der Waals surface area contributed by atoms with E-state index in [2.05, 4.69) is 21.2 Å². The van der Waals surface area contributed by atoms with Crippen molar-refractivity contribution in [2.45, 2.75) is 6.54 Å². The SMILES string of the molecule is O=C(COc1ccc(F)cc1)NCc1cccc(Br)c1. The van der Waals surface area contributed by atoms with Crippen LogP contribution >= 0.6 is 15.9 Å². The number of nitrogens with one attached hydrogen (secondary N) is 1. The van der Waals surface area contributed by atoms with Crippen molar-refractivity contribution in [2.75, 3.05) is 6.61 Å². The van der Waals surface area contributed by atoms with Crippen LogP contribution in [0, 0.1) is 5.82 Å². The predicted molar refractivity (Wildman–Crippen MR) is 77.9 cm³/mol. The number of ether oxygens (including phenoxy) is 1. The fourth-order valence-corrected chi connectivity index (χ4v) is 2.02. The second-order valence-electron chi connectivity index (χ2n) is 4.15. The Morgan fingerprint density at radius 3 is 2.65 bits per heavy atom. The molecule has 0 unspecified atom stereocenters. The molecular weight excluding hydrogens is 325 g/mol. The van der Waals surface area contributed by atoms with Crippen LogP contribution in [-0.2, 0) is 11.3 Å². The number of carbonyl (C=O) groups excluding carboxylic acids is 1. The first-order chi connectivity index (χ1) is 9.63. The molecule has 0 saturated heterocycles. The first-order valence-electron chi connectivity index (χ1n) is 6.03. The lowest BCUT2D eigenvalue weighted by molar-refractivity contribution is -0.123. The van der Waals surface area contributed by atoms with Gasteiger partial charge in [0.2, 0.25) is 0 Å². The van der Waals surface area contributed by atoms with Gasteiger partial charge in [-0.2, -0.15) is 0 Å². The molecule has 0 atom stereocenters. The van der Waals surface area contributed by atoms with Crippen LogP contribution in [0.15, 0.2) is 53.0 Å². The summed E-state index contributed by atoms with van der Waals surface area (Å²) in [7, 11) is 0. The van der Waals surface area contributed by atoms with Crippen LogP contribution in [0.2, 0.25) is 0 Å². The molecule has 0 heterocycles. The molecule has 0 aliphatic carbocycles. The number of carbonyl (C=O) groups is 1. The second-order valence-corrected chi connectivity index (χ2v) is 5.06. The number of amides is 1. The van der Waals surface area contributed by atoms with Gasteiger partial charge in [-0.3, -0.25) is 4.79 Å². The Kier molecular flexibility index (Phi) is 5.12. The average Bonchev–Trinajstić information content (AvgIpc) is 2.45. The van der Waals surface area contributed by atoms with Gasteiger partial charge in [0, 0.05) is 11.0 Å². The maximum Gasteiger partial charge on any atom is 0.258 e. The molecule has 1 amide bonds. The zero-order valence-corrected chi connectivity index (χ0v) is 12.2. The van der Waals surface area contributed by atoms with Gasteiger partial charge in [-0.05, 0) is 42.0 Å². The molecule has 2 aromatic carbocycles. The molecule has 20 heavy (non-hydrogen) atoms. The maximum atomic E-state index is 12.7. The third-order valence-electron chi connectivity index (χ3n) is 2.56. The lowest BCUT2D eigenvalue weighted by Gasteiger charge is -2.07. The molecule has 5 heteroatoms. The molecule has 0 saturated carbocycles. The van der Waals surface area contributed by atoms with E-state index in [1.165, 1.54) is 24.3 Å². The van der Waals surface area contributed by atoms with Crippen molar-refractivity contribution in [1.82, 2.24) is 5.32 Å². The summed E-state index contributed by atoms with van der Waals surface area (Å²) in [5, 5.41) is 2.75. The molecule has 0 aliphatic heterocycles. The number of rotatable bonds is 5. The first kappa shape index (κ1) is 14.5. The van der Waals surface area contributed by atoms with Crippen molar-refractivity contribution >= 4 is 21.8 Å². The Labute approximate surface area is 124 Å². The lowest BCUT2D eigenvalue weighted by Crippen LogP contribution is -2.28. The Morgan fingerprint density at radius 1 is 1.20 bits per heavy atom. The number of halogens is 2. The Morgan fingerprint density at radius 2 is 1.95 bits per heavy atom. The molecule has 0 radical (unpaired) electrons. The molecule has 2 rings (SSSR count). The van der Waals surface area contributed by atoms with Gasteiger partial charge in [0.1, 0.15) is 11.6 Å². The molecule has 0 spiro atoms. The minimum atomic E-state index is -0.337. The third kappa shape index (κ3) is 4.66. The Bertz CT molecular complexity index is 587. The van der Waals surface area contributed by atoms with Crippen molar-refractivity contribution in [3.63, 3.8) is 0 Å². The highest BCUT2D eigenvalue weighted by molar-refractivity contribution is 9.10. The first-order valence-corrected chi connectivity index (χ1v) is 6.82. The average molecular weight is 338 g/mol.